The van der Waals surface area contributed by atoms with E-state index in [4.69, 9.17) is 4.42 Å². The molecule has 4 heteroatoms. The van der Waals surface area contributed by atoms with Gasteiger partial charge in [0.1, 0.15) is 5.76 Å². The van der Waals surface area contributed by atoms with E-state index in [9.17, 15) is 5.11 Å². The van der Waals surface area contributed by atoms with Gasteiger partial charge in [-0.05, 0) is 45.4 Å². The second-order valence-corrected chi connectivity index (χ2v) is 5.76. The van der Waals surface area contributed by atoms with Crippen molar-refractivity contribution in [1.82, 2.24) is 10.3 Å². The van der Waals surface area contributed by atoms with Crippen molar-refractivity contribution in [3.8, 4) is 0 Å². The molecule has 1 aliphatic rings. The van der Waals surface area contributed by atoms with Gasteiger partial charge in [0.15, 0.2) is 0 Å². The maximum absolute atomic E-state index is 10.4. The fourth-order valence-corrected chi connectivity index (χ4v) is 2.49. The molecule has 0 spiro atoms. The predicted octanol–water partition coefficient (Wildman–Crippen LogP) is 2.32. The van der Waals surface area contributed by atoms with Gasteiger partial charge in [0.25, 0.3) is 0 Å². The Morgan fingerprint density at radius 1 is 1.39 bits per heavy atom. The van der Waals surface area contributed by atoms with Crippen molar-refractivity contribution in [3.63, 3.8) is 0 Å². The highest BCUT2D eigenvalue weighted by Gasteiger charge is 2.31. The fourth-order valence-electron chi connectivity index (χ4n) is 2.49. The van der Waals surface area contributed by atoms with Crippen LogP contribution in [0.1, 0.15) is 50.0 Å². The zero-order valence-corrected chi connectivity index (χ0v) is 11.6. The molecule has 102 valence electrons. The predicted molar refractivity (Wildman–Crippen MR) is 70.3 cm³/mol. The summed E-state index contributed by atoms with van der Waals surface area (Å²) < 4.78 is 5.50. The first kappa shape index (κ1) is 13.6. The van der Waals surface area contributed by atoms with Crippen LogP contribution in [-0.2, 0) is 6.54 Å². The summed E-state index contributed by atoms with van der Waals surface area (Å²) >= 11 is 0. The van der Waals surface area contributed by atoms with Crippen molar-refractivity contribution in [1.29, 1.82) is 0 Å². The van der Waals surface area contributed by atoms with Crippen molar-refractivity contribution in [2.75, 3.05) is 6.54 Å². The molecule has 1 aromatic rings. The van der Waals surface area contributed by atoms with E-state index in [1.54, 1.807) is 0 Å². The summed E-state index contributed by atoms with van der Waals surface area (Å²) in [5.74, 6) is 2.33. The molecule has 0 atom stereocenters. The maximum atomic E-state index is 10.4. The quantitative estimate of drug-likeness (QED) is 0.863. The van der Waals surface area contributed by atoms with Crippen LogP contribution in [0, 0.1) is 19.8 Å². The molecule has 1 saturated carbocycles. The lowest BCUT2D eigenvalue weighted by molar-refractivity contribution is -0.00664. The van der Waals surface area contributed by atoms with E-state index in [-0.39, 0.29) is 0 Å². The molecule has 4 nitrogen and oxygen atoms in total. The van der Waals surface area contributed by atoms with Crippen LogP contribution < -0.4 is 5.32 Å². The molecule has 0 unspecified atom stereocenters. The molecule has 2 N–H and O–H groups in total. The molecule has 0 saturated heterocycles. The van der Waals surface area contributed by atoms with Gasteiger partial charge in [-0.25, -0.2) is 4.98 Å². The van der Waals surface area contributed by atoms with Crippen LogP contribution in [0.5, 0.6) is 0 Å². The largest absolute Gasteiger partial charge is 0.444 e. The van der Waals surface area contributed by atoms with E-state index < -0.39 is 5.60 Å². The summed E-state index contributed by atoms with van der Waals surface area (Å²) in [4.78, 5) is 4.32. The topological polar surface area (TPSA) is 58.3 Å². The number of aryl methyl sites for hydroxylation is 2. The van der Waals surface area contributed by atoms with E-state index in [0.29, 0.717) is 19.0 Å². The Kier molecular flexibility index (Phi) is 4.07. The molecule has 1 fully saturated rings. The maximum Gasteiger partial charge on any atom is 0.208 e. The van der Waals surface area contributed by atoms with Crippen LogP contribution in [0.3, 0.4) is 0 Å². The number of aromatic nitrogens is 1. The summed E-state index contributed by atoms with van der Waals surface area (Å²) in [7, 11) is 0. The van der Waals surface area contributed by atoms with Gasteiger partial charge in [-0.3, -0.25) is 0 Å². The third-order valence-corrected chi connectivity index (χ3v) is 4.01. The first-order chi connectivity index (χ1) is 8.48. The third kappa shape index (κ3) is 3.33. The van der Waals surface area contributed by atoms with Gasteiger partial charge in [-0.2, -0.15) is 0 Å². The monoisotopic (exact) mass is 252 g/mol. The van der Waals surface area contributed by atoms with Crippen molar-refractivity contribution >= 4 is 0 Å². The number of rotatable bonds is 4. The van der Waals surface area contributed by atoms with Gasteiger partial charge in [0.05, 0.1) is 17.8 Å². The highest BCUT2D eigenvalue weighted by atomic mass is 16.4. The Morgan fingerprint density at radius 2 is 2.06 bits per heavy atom. The summed E-state index contributed by atoms with van der Waals surface area (Å²) in [6.07, 6.45) is 4.03. The Balaban J connectivity index is 1.78. The van der Waals surface area contributed by atoms with E-state index in [1.807, 2.05) is 13.8 Å². The second kappa shape index (κ2) is 5.41. The second-order valence-electron chi connectivity index (χ2n) is 5.76. The lowest BCUT2D eigenvalue weighted by atomic mass is 9.79. The molecule has 0 aromatic carbocycles. The number of nitrogens with zero attached hydrogens (tertiary/aromatic N) is 1. The molecular formula is C14H24N2O2. The van der Waals surface area contributed by atoms with Crippen LogP contribution in [0.4, 0.5) is 0 Å². The van der Waals surface area contributed by atoms with Gasteiger partial charge >= 0.3 is 0 Å². The lowest BCUT2D eigenvalue weighted by Crippen LogP contribution is -2.43. The van der Waals surface area contributed by atoms with E-state index >= 15 is 0 Å². The molecule has 0 radical (unpaired) electrons. The van der Waals surface area contributed by atoms with E-state index in [1.165, 1.54) is 0 Å². The van der Waals surface area contributed by atoms with Crippen molar-refractivity contribution in [3.05, 3.63) is 17.3 Å². The SMILES string of the molecule is Cc1nc(CNCC2(O)CCC(C)CC2)oc1C. The number of nitrogens with one attached hydrogen (secondary N) is 1. The summed E-state index contributed by atoms with van der Waals surface area (Å²) in [5, 5.41) is 13.7. The standard InChI is InChI=1S/C14H24N2O2/c1-10-4-6-14(17,7-5-10)9-15-8-13-16-11(2)12(3)18-13/h10,15,17H,4-9H2,1-3H3. The van der Waals surface area contributed by atoms with Crippen LogP contribution in [0.25, 0.3) is 0 Å². The first-order valence-corrected chi connectivity index (χ1v) is 6.84. The Hall–Kier alpha value is -0.870. The minimum atomic E-state index is -0.538. The average molecular weight is 252 g/mol. The van der Waals surface area contributed by atoms with Gasteiger partial charge in [-0.1, -0.05) is 6.92 Å². The molecule has 0 aliphatic heterocycles. The van der Waals surface area contributed by atoms with Crippen LogP contribution >= 0.6 is 0 Å². The highest BCUT2D eigenvalue weighted by Crippen LogP contribution is 2.31. The summed E-state index contributed by atoms with van der Waals surface area (Å²) in [6.45, 7) is 7.33. The molecule has 1 heterocycles. The molecule has 0 bridgehead atoms. The molecule has 1 aromatic heterocycles. The Morgan fingerprint density at radius 3 is 2.61 bits per heavy atom. The summed E-state index contributed by atoms with van der Waals surface area (Å²) in [5.41, 5.74) is 0.403. The van der Waals surface area contributed by atoms with Gasteiger partial charge < -0.3 is 14.8 Å². The minimum Gasteiger partial charge on any atom is -0.444 e. The zero-order valence-electron chi connectivity index (χ0n) is 11.6. The third-order valence-electron chi connectivity index (χ3n) is 4.01. The van der Waals surface area contributed by atoms with E-state index in [2.05, 4.69) is 17.2 Å². The average Bonchev–Trinajstić information content (AvgIpc) is 2.63. The van der Waals surface area contributed by atoms with Crippen LogP contribution in [0.15, 0.2) is 4.42 Å². The zero-order chi connectivity index (χ0) is 13.2. The van der Waals surface area contributed by atoms with Crippen LogP contribution in [0.2, 0.25) is 0 Å². The van der Waals surface area contributed by atoms with Gasteiger partial charge in [-0.15, -0.1) is 0 Å². The molecule has 18 heavy (non-hydrogen) atoms. The normalized spacial score (nSPS) is 28.6. The first-order valence-electron chi connectivity index (χ1n) is 6.84. The molecule has 1 aliphatic carbocycles. The summed E-state index contributed by atoms with van der Waals surface area (Å²) in [6, 6.07) is 0. The smallest absolute Gasteiger partial charge is 0.208 e. The Bertz CT molecular complexity index is 373. The molecule has 2 rings (SSSR count). The van der Waals surface area contributed by atoms with Crippen LogP contribution in [-0.4, -0.2) is 22.2 Å². The van der Waals surface area contributed by atoms with E-state index in [0.717, 1.165) is 43.1 Å². The molecular weight excluding hydrogens is 228 g/mol. The van der Waals surface area contributed by atoms with Crippen molar-refractivity contribution in [2.24, 2.45) is 5.92 Å². The highest BCUT2D eigenvalue weighted by molar-refractivity contribution is 5.05. The lowest BCUT2D eigenvalue weighted by Gasteiger charge is -2.34. The fraction of sp³-hybridized carbons (Fsp3) is 0.786. The number of hydrogen-bond acceptors (Lipinski definition) is 4. The number of oxazole rings is 1. The van der Waals surface area contributed by atoms with Gasteiger partial charge in [0.2, 0.25) is 5.89 Å². The number of aliphatic hydroxyl groups is 1. The van der Waals surface area contributed by atoms with Crippen molar-refractivity contribution < 1.29 is 9.52 Å². The minimum absolute atomic E-state index is 0.538. The Labute approximate surface area is 109 Å². The van der Waals surface area contributed by atoms with Crippen molar-refractivity contribution in [2.45, 2.75) is 58.6 Å². The molecule has 0 amide bonds. The number of hydrogen-bond donors (Lipinski definition) is 2. The van der Waals surface area contributed by atoms with Gasteiger partial charge in [0, 0.05) is 6.54 Å².